The van der Waals surface area contributed by atoms with Gasteiger partial charge in [-0.2, -0.15) is 0 Å². The first-order valence-corrected chi connectivity index (χ1v) is 9.43. The minimum Gasteiger partial charge on any atom is -0.497 e. The number of benzene rings is 3. The van der Waals surface area contributed by atoms with Crippen LogP contribution in [-0.4, -0.2) is 28.9 Å². The SMILES string of the molecule is COc1ccc(OC(C)(C(=O)O)C(O)c2ccc(OCc3ccccc3)cc2)cc1. The summed E-state index contributed by atoms with van der Waals surface area (Å²) in [5.41, 5.74) is -0.450. The minimum atomic E-state index is -1.89. The van der Waals surface area contributed by atoms with Crippen LogP contribution in [0, 0.1) is 0 Å². The topological polar surface area (TPSA) is 85.2 Å². The zero-order chi connectivity index (χ0) is 21.6. The Kier molecular flexibility index (Phi) is 6.59. The number of carbonyl (C=O) groups is 1. The van der Waals surface area contributed by atoms with Crippen LogP contribution in [0.3, 0.4) is 0 Å². The zero-order valence-electron chi connectivity index (χ0n) is 16.8. The minimum absolute atomic E-state index is 0.308. The largest absolute Gasteiger partial charge is 0.497 e. The molecule has 0 aliphatic rings. The number of rotatable bonds is 9. The molecule has 3 aromatic carbocycles. The molecule has 0 fully saturated rings. The Hall–Kier alpha value is -3.51. The Bertz CT molecular complexity index is 953. The van der Waals surface area contributed by atoms with Gasteiger partial charge in [0.05, 0.1) is 7.11 Å². The third-order valence-corrected chi connectivity index (χ3v) is 4.78. The molecule has 0 aliphatic carbocycles. The van der Waals surface area contributed by atoms with Crippen LogP contribution in [0.15, 0.2) is 78.9 Å². The van der Waals surface area contributed by atoms with Crippen molar-refractivity contribution in [2.24, 2.45) is 0 Å². The molecule has 6 heteroatoms. The van der Waals surface area contributed by atoms with Crippen molar-refractivity contribution in [3.63, 3.8) is 0 Å². The Morgan fingerprint density at radius 2 is 1.47 bits per heavy atom. The third kappa shape index (κ3) is 4.90. The quantitative estimate of drug-likeness (QED) is 0.551. The number of aliphatic hydroxyl groups is 1. The van der Waals surface area contributed by atoms with Gasteiger partial charge in [0, 0.05) is 0 Å². The molecule has 0 aromatic heterocycles. The van der Waals surface area contributed by atoms with Crippen LogP contribution in [0.5, 0.6) is 17.2 Å². The molecule has 30 heavy (non-hydrogen) atoms. The van der Waals surface area contributed by atoms with E-state index in [9.17, 15) is 15.0 Å². The second-order valence-electron chi connectivity index (χ2n) is 6.94. The standard InChI is InChI=1S/C24H24O6/c1-24(23(26)27,30-21-14-12-19(28-2)13-15-21)22(25)18-8-10-20(11-9-18)29-16-17-6-4-3-5-7-17/h3-15,22,25H,16H2,1-2H3,(H,26,27). The molecule has 0 aliphatic heterocycles. The van der Waals surface area contributed by atoms with E-state index in [1.807, 2.05) is 30.3 Å². The van der Waals surface area contributed by atoms with Crippen LogP contribution in [-0.2, 0) is 11.4 Å². The fraction of sp³-hybridized carbons (Fsp3) is 0.208. The molecule has 156 valence electrons. The molecule has 0 radical (unpaired) electrons. The van der Waals surface area contributed by atoms with E-state index < -0.39 is 17.7 Å². The molecule has 0 spiro atoms. The highest BCUT2D eigenvalue weighted by Gasteiger charge is 2.44. The Balaban J connectivity index is 1.72. The summed E-state index contributed by atoms with van der Waals surface area (Å²) in [4.78, 5) is 12.0. The molecule has 0 bridgehead atoms. The van der Waals surface area contributed by atoms with Crippen LogP contribution in [0.25, 0.3) is 0 Å². The average Bonchev–Trinajstić information content (AvgIpc) is 2.78. The lowest BCUT2D eigenvalue weighted by Gasteiger charge is -2.31. The molecule has 6 nitrogen and oxygen atoms in total. The fourth-order valence-electron chi connectivity index (χ4n) is 2.91. The maximum absolute atomic E-state index is 12.0. The van der Waals surface area contributed by atoms with E-state index in [1.165, 1.54) is 14.0 Å². The summed E-state index contributed by atoms with van der Waals surface area (Å²) in [6.45, 7) is 1.75. The maximum atomic E-state index is 12.0. The molecule has 0 heterocycles. The van der Waals surface area contributed by atoms with Gasteiger partial charge in [-0.05, 0) is 54.4 Å². The number of hydrogen-bond donors (Lipinski definition) is 2. The first-order valence-electron chi connectivity index (χ1n) is 9.43. The lowest BCUT2D eigenvalue weighted by Crippen LogP contribution is -2.47. The zero-order valence-corrected chi connectivity index (χ0v) is 16.8. The van der Waals surface area contributed by atoms with Gasteiger partial charge in [-0.15, -0.1) is 0 Å². The molecule has 2 N–H and O–H groups in total. The van der Waals surface area contributed by atoms with E-state index in [1.54, 1.807) is 48.5 Å². The second kappa shape index (κ2) is 9.33. The molecule has 2 atom stereocenters. The van der Waals surface area contributed by atoms with E-state index in [0.29, 0.717) is 29.4 Å². The van der Waals surface area contributed by atoms with Crippen molar-refractivity contribution < 1.29 is 29.2 Å². The van der Waals surface area contributed by atoms with Crippen molar-refractivity contribution in [3.05, 3.63) is 90.0 Å². The molecular weight excluding hydrogens is 384 g/mol. The van der Waals surface area contributed by atoms with E-state index in [0.717, 1.165) is 5.56 Å². The van der Waals surface area contributed by atoms with Crippen LogP contribution in [0.4, 0.5) is 0 Å². The van der Waals surface area contributed by atoms with Crippen LogP contribution >= 0.6 is 0 Å². The number of carboxylic acid groups (broad SMARTS) is 1. The third-order valence-electron chi connectivity index (χ3n) is 4.78. The normalized spacial score (nSPS) is 13.7. The van der Waals surface area contributed by atoms with E-state index in [4.69, 9.17) is 14.2 Å². The van der Waals surface area contributed by atoms with Crippen LogP contribution in [0.2, 0.25) is 0 Å². The first kappa shape index (κ1) is 21.2. The van der Waals surface area contributed by atoms with Gasteiger partial charge in [0.25, 0.3) is 0 Å². The van der Waals surface area contributed by atoms with E-state index in [2.05, 4.69) is 0 Å². The fourth-order valence-corrected chi connectivity index (χ4v) is 2.91. The Labute approximate surface area is 175 Å². The van der Waals surface area contributed by atoms with Crippen molar-refractivity contribution in [2.45, 2.75) is 25.2 Å². The average molecular weight is 408 g/mol. The lowest BCUT2D eigenvalue weighted by molar-refractivity contribution is -0.164. The van der Waals surface area contributed by atoms with Gasteiger partial charge in [-0.1, -0.05) is 42.5 Å². The van der Waals surface area contributed by atoms with Gasteiger partial charge in [0.2, 0.25) is 5.60 Å². The highest BCUT2D eigenvalue weighted by atomic mass is 16.5. The number of hydrogen-bond acceptors (Lipinski definition) is 5. The highest BCUT2D eigenvalue weighted by Crippen LogP contribution is 2.33. The molecule has 3 aromatic rings. The Morgan fingerprint density at radius 3 is 2.03 bits per heavy atom. The van der Waals surface area contributed by atoms with Crippen LogP contribution in [0.1, 0.15) is 24.2 Å². The van der Waals surface area contributed by atoms with Gasteiger partial charge >= 0.3 is 5.97 Å². The van der Waals surface area contributed by atoms with E-state index in [-0.39, 0.29) is 0 Å². The summed E-state index contributed by atoms with van der Waals surface area (Å²) >= 11 is 0. The number of methoxy groups -OCH3 is 1. The number of aliphatic hydroxyl groups excluding tert-OH is 1. The van der Waals surface area contributed by atoms with Gasteiger partial charge in [-0.25, -0.2) is 4.79 Å². The summed E-state index contributed by atoms with van der Waals surface area (Å²) in [6.07, 6.45) is -1.40. The van der Waals surface area contributed by atoms with E-state index >= 15 is 0 Å². The predicted molar refractivity (Wildman–Crippen MR) is 112 cm³/mol. The Morgan fingerprint density at radius 1 is 0.900 bits per heavy atom. The maximum Gasteiger partial charge on any atom is 0.350 e. The summed E-state index contributed by atoms with van der Waals surface area (Å²) in [7, 11) is 1.54. The van der Waals surface area contributed by atoms with Crippen LogP contribution < -0.4 is 14.2 Å². The van der Waals surface area contributed by atoms with Crippen molar-refractivity contribution in [2.75, 3.05) is 7.11 Å². The van der Waals surface area contributed by atoms with Crippen molar-refractivity contribution in [1.82, 2.24) is 0 Å². The molecule has 2 unspecified atom stereocenters. The monoisotopic (exact) mass is 408 g/mol. The van der Waals surface area contributed by atoms with Crippen molar-refractivity contribution >= 4 is 5.97 Å². The van der Waals surface area contributed by atoms with Gasteiger partial charge in [-0.3, -0.25) is 0 Å². The summed E-state index contributed by atoms with van der Waals surface area (Å²) < 4.78 is 16.5. The summed E-state index contributed by atoms with van der Waals surface area (Å²) in [5.74, 6) is 0.256. The smallest absolute Gasteiger partial charge is 0.350 e. The number of ether oxygens (including phenoxy) is 3. The molecule has 0 saturated heterocycles. The van der Waals surface area contributed by atoms with Crippen molar-refractivity contribution in [1.29, 1.82) is 0 Å². The molecule has 3 rings (SSSR count). The number of carboxylic acids is 1. The highest BCUT2D eigenvalue weighted by molar-refractivity contribution is 5.78. The number of aliphatic carboxylic acids is 1. The summed E-state index contributed by atoms with van der Waals surface area (Å²) in [5, 5.41) is 20.6. The second-order valence-corrected chi connectivity index (χ2v) is 6.94. The van der Waals surface area contributed by atoms with Gasteiger partial charge in [0.1, 0.15) is 30.0 Å². The summed E-state index contributed by atoms with van der Waals surface area (Å²) in [6, 6.07) is 22.9. The van der Waals surface area contributed by atoms with Gasteiger partial charge < -0.3 is 24.4 Å². The van der Waals surface area contributed by atoms with Crippen molar-refractivity contribution in [3.8, 4) is 17.2 Å². The molecule has 0 amide bonds. The molecular formula is C24H24O6. The lowest BCUT2D eigenvalue weighted by atomic mass is 9.92. The molecule has 0 saturated carbocycles. The predicted octanol–water partition coefficient (Wildman–Crippen LogP) is 4.23. The van der Waals surface area contributed by atoms with Gasteiger partial charge in [0.15, 0.2) is 0 Å². The first-order chi connectivity index (χ1) is 14.4.